The number of hydrogen-bond donors (Lipinski definition) is 2. The van der Waals surface area contributed by atoms with Crippen molar-refractivity contribution in [3.05, 3.63) is 40.3 Å². The first-order chi connectivity index (χ1) is 8.63. The lowest BCUT2D eigenvalue weighted by Crippen LogP contribution is -2.05. The first-order valence-electron chi connectivity index (χ1n) is 5.66. The van der Waals surface area contributed by atoms with Gasteiger partial charge in [-0.2, -0.15) is 0 Å². The second-order valence-corrected chi connectivity index (χ2v) is 5.28. The van der Waals surface area contributed by atoms with E-state index in [1.807, 2.05) is 37.4 Å². The summed E-state index contributed by atoms with van der Waals surface area (Å²) < 4.78 is 0. The van der Waals surface area contributed by atoms with Crippen LogP contribution in [0.4, 0.5) is 11.4 Å². The quantitative estimate of drug-likeness (QED) is 0.889. The van der Waals surface area contributed by atoms with Crippen LogP contribution in [0.1, 0.15) is 16.8 Å². The molecule has 1 amide bonds. The summed E-state index contributed by atoms with van der Waals surface area (Å²) in [5.74, 6) is -0.0594. The summed E-state index contributed by atoms with van der Waals surface area (Å²) >= 11 is 1.69. The Balaban J connectivity index is 1.92. The predicted octanol–water partition coefficient (Wildman–Crippen LogP) is 3.02. The zero-order valence-electron chi connectivity index (χ0n) is 10.4. The van der Waals surface area contributed by atoms with Crippen LogP contribution in [-0.4, -0.2) is 10.9 Å². The van der Waals surface area contributed by atoms with E-state index in [-0.39, 0.29) is 5.91 Å². The van der Waals surface area contributed by atoms with E-state index in [0.717, 1.165) is 22.9 Å². The highest BCUT2D eigenvalue weighted by molar-refractivity contribution is 7.11. The van der Waals surface area contributed by atoms with E-state index in [9.17, 15) is 4.79 Å². The highest BCUT2D eigenvalue weighted by Gasteiger charge is 1.99. The molecule has 2 aromatic rings. The monoisotopic (exact) mass is 261 g/mol. The van der Waals surface area contributed by atoms with Crippen molar-refractivity contribution in [1.29, 1.82) is 0 Å². The molecule has 2 N–H and O–H groups in total. The Morgan fingerprint density at radius 1 is 1.28 bits per heavy atom. The zero-order valence-corrected chi connectivity index (χ0v) is 11.2. The minimum atomic E-state index is -0.0594. The molecular formula is C13H15N3OS. The van der Waals surface area contributed by atoms with Gasteiger partial charge in [-0.05, 0) is 31.2 Å². The van der Waals surface area contributed by atoms with E-state index in [1.54, 1.807) is 11.3 Å². The summed E-state index contributed by atoms with van der Waals surface area (Å²) in [6, 6.07) is 7.64. The van der Waals surface area contributed by atoms with Gasteiger partial charge in [0, 0.05) is 29.4 Å². The molecule has 4 nitrogen and oxygen atoms in total. The van der Waals surface area contributed by atoms with Crippen LogP contribution in [0.25, 0.3) is 0 Å². The lowest BCUT2D eigenvalue weighted by molar-refractivity contribution is -0.114. The number of aryl methyl sites for hydroxylation is 1. The highest BCUT2D eigenvalue weighted by Crippen LogP contribution is 2.16. The van der Waals surface area contributed by atoms with Gasteiger partial charge in [0.1, 0.15) is 0 Å². The molecule has 0 atom stereocenters. The van der Waals surface area contributed by atoms with Gasteiger partial charge in [0.25, 0.3) is 0 Å². The van der Waals surface area contributed by atoms with Crippen molar-refractivity contribution in [1.82, 2.24) is 4.98 Å². The Labute approximate surface area is 110 Å². The van der Waals surface area contributed by atoms with Gasteiger partial charge in [0.05, 0.1) is 11.6 Å². The smallest absolute Gasteiger partial charge is 0.221 e. The summed E-state index contributed by atoms with van der Waals surface area (Å²) in [4.78, 5) is 16.3. The minimum absolute atomic E-state index is 0.0594. The van der Waals surface area contributed by atoms with Gasteiger partial charge < -0.3 is 10.6 Å². The number of benzene rings is 1. The van der Waals surface area contributed by atoms with Crippen LogP contribution in [0.3, 0.4) is 0 Å². The molecule has 0 radical (unpaired) electrons. The Hall–Kier alpha value is -1.88. The molecule has 0 aliphatic rings. The first-order valence-corrected chi connectivity index (χ1v) is 6.48. The lowest BCUT2D eigenvalue weighted by Gasteiger charge is -2.06. The van der Waals surface area contributed by atoms with Crippen molar-refractivity contribution < 1.29 is 4.79 Å². The van der Waals surface area contributed by atoms with Crippen LogP contribution in [0.15, 0.2) is 30.5 Å². The highest BCUT2D eigenvalue weighted by atomic mass is 32.1. The predicted molar refractivity (Wildman–Crippen MR) is 74.9 cm³/mol. The van der Waals surface area contributed by atoms with E-state index in [4.69, 9.17) is 0 Å². The third-order valence-electron chi connectivity index (χ3n) is 2.34. The van der Waals surface area contributed by atoms with Crippen LogP contribution in [0.5, 0.6) is 0 Å². The molecule has 0 spiro atoms. The van der Waals surface area contributed by atoms with E-state index in [0.29, 0.717) is 0 Å². The Kier molecular flexibility index (Phi) is 3.94. The molecule has 1 aromatic heterocycles. The molecule has 1 aromatic carbocycles. The molecule has 0 bridgehead atoms. The van der Waals surface area contributed by atoms with Crippen LogP contribution >= 0.6 is 11.3 Å². The Morgan fingerprint density at radius 3 is 2.50 bits per heavy atom. The molecule has 0 fully saturated rings. The molecule has 5 heteroatoms. The molecule has 2 rings (SSSR count). The van der Waals surface area contributed by atoms with Gasteiger partial charge in [-0.1, -0.05) is 0 Å². The third-order valence-corrected chi connectivity index (χ3v) is 3.25. The van der Waals surface area contributed by atoms with Crippen molar-refractivity contribution in [2.45, 2.75) is 20.4 Å². The van der Waals surface area contributed by atoms with Gasteiger partial charge in [-0.25, -0.2) is 4.98 Å². The topological polar surface area (TPSA) is 54.0 Å². The SMILES string of the molecule is CC(=O)Nc1ccc(NCc2cnc(C)s2)cc1. The number of amides is 1. The van der Waals surface area contributed by atoms with Gasteiger partial charge >= 0.3 is 0 Å². The number of rotatable bonds is 4. The molecular weight excluding hydrogens is 246 g/mol. The number of anilines is 2. The molecule has 1 heterocycles. The number of carbonyl (C=O) groups is 1. The van der Waals surface area contributed by atoms with Gasteiger partial charge in [0.2, 0.25) is 5.91 Å². The number of hydrogen-bond acceptors (Lipinski definition) is 4. The number of aromatic nitrogens is 1. The zero-order chi connectivity index (χ0) is 13.0. The molecule has 94 valence electrons. The largest absolute Gasteiger partial charge is 0.380 e. The lowest BCUT2D eigenvalue weighted by atomic mass is 10.2. The molecule has 0 aliphatic carbocycles. The summed E-state index contributed by atoms with van der Waals surface area (Å²) in [6.07, 6.45) is 1.89. The summed E-state index contributed by atoms with van der Waals surface area (Å²) in [5.41, 5.74) is 1.83. The summed E-state index contributed by atoms with van der Waals surface area (Å²) in [7, 11) is 0. The number of nitrogens with one attached hydrogen (secondary N) is 2. The Morgan fingerprint density at radius 2 is 1.94 bits per heavy atom. The number of thiazole rings is 1. The second kappa shape index (κ2) is 5.64. The summed E-state index contributed by atoms with van der Waals surface area (Å²) in [5, 5.41) is 7.12. The average molecular weight is 261 g/mol. The van der Waals surface area contributed by atoms with Crippen molar-refractivity contribution in [2.75, 3.05) is 10.6 Å². The standard InChI is InChI=1S/C13H15N3OS/c1-9(17)16-12-5-3-11(4-6-12)15-8-13-7-14-10(2)18-13/h3-7,15H,8H2,1-2H3,(H,16,17). The van der Waals surface area contributed by atoms with Gasteiger partial charge in [-0.15, -0.1) is 11.3 Å². The van der Waals surface area contributed by atoms with Crippen LogP contribution in [0, 0.1) is 6.92 Å². The van der Waals surface area contributed by atoms with Gasteiger partial charge in [0.15, 0.2) is 0 Å². The fourth-order valence-electron chi connectivity index (χ4n) is 1.55. The number of carbonyl (C=O) groups excluding carboxylic acids is 1. The maximum Gasteiger partial charge on any atom is 0.221 e. The van der Waals surface area contributed by atoms with E-state index < -0.39 is 0 Å². The minimum Gasteiger partial charge on any atom is -0.380 e. The van der Waals surface area contributed by atoms with Crippen molar-refractivity contribution >= 4 is 28.6 Å². The third kappa shape index (κ3) is 3.56. The van der Waals surface area contributed by atoms with E-state index >= 15 is 0 Å². The molecule has 0 saturated carbocycles. The van der Waals surface area contributed by atoms with Crippen LogP contribution in [0.2, 0.25) is 0 Å². The normalized spacial score (nSPS) is 10.1. The van der Waals surface area contributed by atoms with Crippen LogP contribution < -0.4 is 10.6 Å². The average Bonchev–Trinajstić information content (AvgIpc) is 2.74. The molecule has 0 saturated heterocycles. The summed E-state index contributed by atoms with van der Waals surface area (Å²) in [6.45, 7) is 4.26. The van der Waals surface area contributed by atoms with Crippen molar-refractivity contribution in [3.8, 4) is 0 Å². The van der Waals surface area contributed by atoms with Crippen molar-refractivity contribution in [3.63, 3.8) is 0 Å². The maximum atomic E-state index is 10.9. The second-order valence-electron chi connectivity index (χ2n) is 3.96. The van der Waals surface area contributed by atoms with E-state index in [1.165, 1.54) is 11.8 Å². The number of nitrogens with zero attached hydrogens (tertiary/aromatic N) is 1. The molecule has 0 unspecified atom stereocenters. The Bertz CT molecular complexity index is 533. The fraction of sp³-hybridized carbons (Fsp3) is 0.231. The van der Waals surface area contributed by atoms with E-state index in [2.05, 4.69) is 15.6 Å². The first kappa shape index (κ1) is 12.6. The fourth-order valence-corrected chi connectivity index (χ4v) is 2.29. The van der Waals surface area contributed by atoms with Crippen molar-refractivity contribution in [2.24, 2.45) is 0 Å². The maximum absolute atomic E-state index is 10.9. The van der Waals surface area contributed by atoms with Gasteiger partial charge in [-0.3, -0.25) is 4.79 Å². The van der Waals surface area contributed by atoms with Crippen LogP contribution in [-0.2, 0) is 11.3 Å². The molecule has 0 aliphatic heterocycles. The molecule has 18 heavy (non-hydrogen) atoms.